The third-order valence-corrected chi connectivity index (χ3v) is 2.94. The molecule has 2 rings (SSSR count). The largest absolute Gasteiger partial charge is 0.354 e. The van der Waals surface area contributed by atoms with Gasteiger partial charge in [-0.25, -0.2) is 0 Å². The number of rotatable bonds is 6. The highest BCUT2D eigenvalue weighted by molar-refractivity contribution is 5.92. The van der Waals surface area contributed by atoms with Crippen LogP contribution in [0.2, 0.25) is 0 Å². The van der Waals surface area contributed by atoms with Crippen LogP contribution in [0.1, 0.15) is 16.1 Å². The Hall–Kier alpha value is -2.69. The highest BCUT2D eigenvalue weighted by atomic mass is 16.1. The maximum atomic E-state index is 11.7. The first-order valence-corrected chi connectivity index (χ1v) is 6.68. The van der Waals surface area contributed by atoms with Crippen LogP contribution in [0.4, 0.5) is 5.82 Å². The van der Waals surface area contributed by atoms with Crippen LogP contribution in [0.25, 0.3) is 0 Å². The fourth-order valence-electron chi connectivity index (χ4n) is 1.84. The second-order valence-corrected chi connectivity index (χ2v) is 4.62. The van der Waals surface area contributed by atoms with E-state index in [0.29, 0.717) is 12.2 Å². The zero-order valence-electron chi connectivity index (χ0n) is 12.0. The zero-order valence-corrected chi connectivity index (χ0v) is 12.0. The lowest BCUT2D eigenvalue weighted by molar-refractivity contribution is 0.0952. The molecule has 2 aromatic rings. The Morgan fingerprint density at radius 3 is 2.62 bits per heavy atom. The molecule has 5 heteroatoms. The quantitative estimate of drug-likeness (QED) is 0.824. The van der Waals surface area contributed by atoms with Gasteiger partial charge in [-0.2, -0.15) is 0 Å². The van der Waals surface area contributed by atoms with Gasteiger partial charge in [0.2, 0.25) is 0 Å². The Kier molecular flexibility index (Phi) is 5.04. The van der Waals surface area contributed by atoms with Gasteiger partial charge in [-0.3, -0.25) is 4.79 Å². The predicted molar refractivity (Wildman–Crippen MR) is 83.1 cm³/mol. The monoisotopic (exact) mass is 282 g/mol. The van der Waals surface area contributed by atoms with E-state index in [9.17, 15) is 4.79 Å². The summed E-state index contributed by atoms with van der Waals surface area (Å²) in [7, 11) is 1.94. The summed E-state index contributed by atoms with van der Waals surface area (Å²) in [6.07, 6.45) is 1.62. The molecule has 1 aromatic heterocycles. The molecule has 1 N–H and O–H groups in total. The summed E-state index contributed by atoms with van der Waals surface area (Å²) in [5.41, 5.74) is 1.49. The van der Waals surface area contributed by atoms with E-state index in [1.807, 2.05) is 30.1 Å². The van der Waals surface area contributed by atoms with Gasteiger partial charge in [0.15, 0.2) is 11.5 Å². The summed E-state index contributed by atoms with van der Waals surface area (Å²) in [6, 6.07) is 13.6. The average molecular weight is 282 g/mol. The summed E-state index contributed by atoms with van der Waals surface area (Å²) < 4.78 is 0. The second-order valence-electron chi connectivity index (χ2n) is 4.62. The van der Waals surface area contributed by atoms with Crippen molar-refractivity contribution < 1.29 is 4.79 Å². The van der Waals surface area contributed by atoms with Crippen LogP contribution in [-0.4, -0.2) is 29.7 Å². The average Bonchev–Trinajstić information content (AvgIpc) is 2.53. The lowest BCUT2D eigenvalue weighted by atomic mass is 10.2. The normalized spacial score (nSPS) is 9.95. The zero-order chi connectivity index (χ0) is 15.1. The van der Waals surface area contributed by atoms with Crippen LogP contribution in [0.3, 0.4) is 0 Å². The van der Waals surface area contributed by atoms with Gasteiger partial charge >= 0.3 is 0 Å². The van der Waals surface area contributed by atoms with Crippen molar-refractivity contribution in [1.82, 2.24) is 15.5 Å². The van der Waals surface area contributed by atoms with Gasteiger partial charge in [0.25, 0.3) is 5.91 Å². The van der Waals surface area contributed by atoms with Crippen molar-refractivity contribution >= 4 is 11.7 Å². The summed E-state index contributed by atoms with van der Waals surface area (Å²) in [4.78, 5) is 13.7. The number of aromatic nitrogens is 2. The number of hydrogen-bond acceptors (Lipinski definition) is 4. The number of amides is 1. The lowest BCUT2D eigenvalue weighted by Crippen LogP contribution is -2.25. The van der Waals surface area contributed by atoms with E-state index >= 15 is 0 Å². The fraction of sp³-hybridized carbons (Fsp3) is 0.188. The molecule has 0 saturated heterocycles. The van der Waals surface area contributed by atoms with E-state index < -0.39 is 0 Å². The Labute approximate surface area is 124 Å². The van der Waals surface area contributed by atoms with Crippen molar-refractivity contribution in [3.8, 4) is 0 Å². The third kappa shape index (κ3) is 4.14. The number of benzene rings is 1. The molecular weight excluding hydrogens is 264 g/mol. The van der Waals surface area contributed by atoms with E-state index in [0.717, 1.165) is 12.4 Å². The molecule has 0 bridgehead atoms. The smallest absolute Gasteiger partial charge is 0.272 e. The van der Waals surface area contributed by atoms with Crippen LogP contribution >= 0.6 is 0 Å². The molecule has 21 heavy (non-hydrogen) atoms. The van der Waals surface area contributed by atoms with Crippen LogP contribution < -0.4 is 10.2 Å². The van der Waals surface area contributed by atoms with Gasteiger partial charge in [0, 0.05) is 20.1 Å². The molecule has 0 fully saturated rings. The Balaban J connectivity index is 2.01. The van der Waals surface area contributed by atoms with Crippen molar-refractivity contribution in [3.05, 3.63) is 66.4 Å². The Morgan fingerprint density at radius 2 is 2.00 bits per heavy atom. The molecule has 1 aromatic carbocycles. The summed E-state index contributed by atoms with van der Waals surface area (Å²) in [5, 5.41) is 10.7. The predicted octanol–water partition coefficient (Wildman–Crippen LogP) is 2.03. The van der Waals surface area contributed by atoms with E-state index in [4.69, 9.17) is 0 Å². The standard InChI is InChI=1S/C16H18N4O/c1-3-11-17-16(21)14-9-10-15(19-18-14)20(2)12-13-7-5-4-6-8-13/h3-10H,1,11-12H2,2H3,(H,17,21). The van der Waals surface area contributed by atoms with Crippen molar-refractivity contribution in [2.75, 3.05) is 18.5 Å². The molecule has 0 spiro atoms. The number of carbonyl (C=O) groups is 1. The molecule has 1 amide bonds. The topological polar surface area (TPSA) is 58.1 Å². The van der Waals surface area contributed by atoms with Crippen molar-refractivity contribution in [2.24, 2.45) is 0 Å². The van der Waals surface area contributed by atoms with E-state index in [1.165, 1.54) is 5.56 Å². The Morgan fingerprint density at radius 1 is 1.24 bits per heavy atom. The molecule has 0 radical (unpaired) electrons. The van der Waals surface area contributed by atoms with Crippen LogP contribution in [0.15, 0.2) is 55.1 Å². The number of anilines is 1. The highest BCUT2D eigenvalue weighted by Gasteiger charge is 2.09. The molecule has 0 aliphatic rings. The van der Waals surface area contributed by atoms with Gasteiger partial charge in [0.05, 0.1) is 0 Å². The highest BCUT2D eigenvalue weighted by Crippen LogP contribution is 2.11. The fourth-order valence-corrected chi connectivity index (χ4v) is 1.84. The first-order chi connectivity index (χ1) is 10.2. The number of nitrogens with zero attached hydrogens (tertiary/aromatic N) is 3. The van der Waals surface area contributed by atoms with Crippen molar-refractivity contribution in [1.29, 1.82) is 0 Å². The molecule has 0 saturated carbocycles. The molecule has 108 valence electrons. The minimum absolute atomic E-state index is 0.250. The molecule has 0 aliphatic carbocycles. The number of nitrogens with one attached hydrogen (secondary N) is 1. The second kappa shape index (κ2) is 7.19. The van der Waals surface area contributed by atoms with Gasteiger partial charge in [-0.1, -0.05) is 36.4 Å². The van der Waals surface area contributed by atoms with E-state index in [2.05, 4.69) is 34.2 Å². The summed E-state index contributed by atoms with van der Waals surface area (Å²) in [5.74, 6) is 0.471. The van der Waals surface area contributed by atoms with Gasteiger partial charge < -0.3 is 10.2 Å². The SMILES string of the molecule is C=CCNC(=O)c1ccc(N(C)Cc2ccccc2)nn1. The van der Waals surface area contributed by atoms with Gasteiger partial charge in [-0.15, -0.1) is 16.8 Å². The summed E-state index contributed by atoms with van der Waals surface area (Å²) in [6.45, 7) is 4.69. The number of hydrogen-bond donors (Lipinski definition) is 1. The minimum atomic E-state index is -0.250. The van der Waals surface area contributed by atoms with Gasteiger partial charge in [-0.05, 0) is 17.7 Å². The van der Waals surface area contributed by atoms with E-state index in [1.54, 1.807) is 18.2 Å². The molecule has 0 unspecified atom stereocenters. The van der Waals surface area contributed by atoms with E-state index in [-0.39, 0.29) is 5.91 Å². The third-order valence-electron chi connectivity index (χ3n) is 2.94. The maximum Gasteiger partial charge on any atom is 0.272 e. The van der Waals surface area contributed by atoms with Crippen molar-refractivity contribution in [3.63, 3.8) is 0 Å². The lowest BCUT2D eigenvalue weighted by Gasteiger charge is -2.17. The van der Waals surface area contributed by atoms with Crippen LogP contribution in [-0.2, 0) is 6.54 Å². The molecule has 5 nitrogen and oxygen atoms in total. The number of carbonyl (C=O) groups excluding carboxylic acids is 1. The van der Waals surface area contributed by atoms with Crippen LogP contribution in [0.5, 0.6) is 0 Å². The Bertz CT molecular complexity index is 595. The molecule has 1 heterocycles. The van der Waals surface area contributed by atoms with Crippen LogP contribution in [0, 0.1) is 0 Å². The molecule has 0 aliphatic heterocycles. The molecular formula is C16H18N4O. The maximum absolute atomic E-state index is 11.7. The first-order valence-electron chi connectivity index (χ1n) is 6.68. The summed E-state index contributed by atoms with van der Waals surface area (Å²) >= 11 is 0. The first kappa shape index (κ1) is 14.7. The minimum Gasteiger partial charge on any atom is -0.354 e. The van der Waals surface area contributed by atoms with Gasteiger partial charge in [0.1, 0.15) is 0 Å². The van der Waals surface area contributed by atoms with Crippen molar-refractivity contribution in [2.45, 2.75) is 6.54 Å². The molecule has 0 atom stereocenters.